The Bertz CT molecular complexity index is 1090. The molecule has 4 N–H and O–H groups in total. The van der Waals surface area contributed by atoms with Gasteiger partial charge in [-0.25, -0.2) is 4.79 Å². The van der Waals surface area contributed by atoms with E-state index in [-0.39, 0.29) is 17.5 Å². The van der Waals surface area contributed by atoms with Crippen molar-refractivity contribution in [2.45, 2.75) is 18.9 Å². The van der Waals surface area contributed by atoms with E-state index in [2.05, 4.69) is 20.6 Å². The van der Waals surface area contributed by atoms with Crippen molar-refractivity contribution < 1.29 is 9.59 Å². The third kappa shape index (κ3) is 4.14. The van der Waals surface area contributed by atoms with Gasteiger partial charge in [0.2, 0.25) is 5.91 Å². The molecule has 7 heteroatoms. The fourth-order valence-electron chi connectivity index (χ4n) is 2.71. The van der Waals surface area contributed by atoms with E-state index in [0.29, 0.717) is 28.3 Å². The summed E-state index contributed by atoms with van der Waals surface area (Å²) in [5.74, 6) is -0.355. The molecule has 0 radical (unpaired) electrons. The Balaban J connectivity index is 1.38. The number of fused-ring (bicyclic) bond motifs is 1. The largest absolute Gasteiger partial charge is 0.349 e. The summed E-state index contributed by atoms with van der Waals surface area (Å²) in [6, 6.07) is 12.5. The highest BCUT2D eigenvalue weighted by Gasteiger charge is 2.23. The second-order valence-electron chi connectivity index (χ2n) is 6.53. The summed E-state index contributed by atoms with van der Waals surface area (Å²) in [4.78, 5) is 40.6. The summed E-state index contributed by atoms with van der Waals surface area (Å²) in [6.07, 6.45) is 5.20. The van der Waals surface area contributed by atoms with Crippen molar-refractivity contribution >= 4 is 34.6 Å². The summed E-state index contributed by atoms with van der Waals surface area (Å²) >= 11 is 0. The van der Waals surface area contributed by atoms with Gasteiger partial charge in [-0.1, -0.05) is 12.1 Å². The topological polar surface area (TPSA) is 107 Å². The Kier molecular flexibility index (Phi) is 4.33. The average Bonchev–Trinajstić information content (AvgIpc) is 3.39. The number of benzene rings is 2. The van der Waals surface area contributed by atoms with Gasteiger partial charge in [0.15, 0.2) is 0 Å². The Morgan fingerprint density at radius 1 is 1.00 bits per heavy atom. The first-order valence-corrected chi connectivity index (χ1v) is 8.69. The second-order valence-corrected chi connectivity index (χ2v) is 6.53. The Labute approximate surface area is 154 Å². The molecule has 1 heterocycles. The van der Waals surface area contributed by atoms with Crippen LogP contribution in [0, 0.1) is 0 Å². The van der Waals surface area contributed by atoms with Gasteiger partial charge < -0.3 is 20.6 Å². The maximum atomic E-state index is 12.1. The molecule has 136 valence electrons. The van der Waals surface area contributed by atoms with Crippen LogP contribution in [-0.4, -0.2) is 27.8 Å². The van der Waals surface area contributed by atoms with Crippen LogP contribution in [0.3, 0.4) is 0 Å². The zero-order chi connectivity index (χ0) is 18.8. The lowest BCUT2D eigenvalue weighted by Gasteiger charge is -2.04. The van der Waals surface area contributed by atoms with Crippen LogP contribution in [-0.2, 0) is 4.79 Å². The molecule has 27 heavy (non-hydrogen) atoms. The first kappa shape index (κ1) is 16.8. The molecule has 0 bridgehead atoms. The van der Waals surface area contributed by atoms with E-state index < -0.39 is 0 Å². The maximum absolute atomic E-state index is 12.1. The summed E-state index contributed by atoms with van der Waals surface area (Å²) < 4.78 is 0. The lowest BCUT2D eigenvalue weighted by atomic mass is 10.1. The number of aromatic nitrogens is 2. The molecular weight excluding hydrogens is 344 g/mol. The summed E-state index contributed by atoms with van der Waals surface area (Å²) in [7, 11) is 0. The van der Waals surface area contributed by atoms with Gasteiger partial charge in [0, 0.05) is 23.4 Å². The normalized spacial score (nSPS) is 13.8. The highest BCUT2D eigenvalue weighted by atomic mass is 16.2. The Morgan fingerprint density at radius 3 is 2.48 bits per heavy atom. The lowest BCUT2D eigenvalue weighted by molar-refractivity contribution is -0.111. The number of amides is 2. The number of rotatable bonds is 5. The smallest absolute Gasteiger partial charge is 0.323 e. The summed E-state index contributed by atoms with van der Waals surface area (Å²) in [5.41, 5.74) is 3.03. The Morgan fingerprint density at radius 2 is 1.74 bits per heavy atom. The molecule has 0 unspecified atom stereocenters. The molecule has 1 saturated carbocycles. The number of carbonyl (C=O) groups excluding carboxylic acids is 2. The van der Waals surface area contributed by atoms with Gasteiger partial charge in [0.05, 0.1) is 11.0 Å². The average molecular weight is 362 g/mol. The zero-order valence-electron chi connectivity index (χ0n) is 14.4. The molecule has 0 aliphatic heterocycles. The van der Waals surface area contributed by atoms with Gasteiger partial charge in [0.1, 0.15) is 0 Å². The van der Waals surface area contributed by atoms with Crippen LogP contribution in [0.2, 0.25) is 0 Å². The number of carbonyl (C=O) groups is 2. The quantitative estimate of drug-likeness (QED) is 0.524. The zero-order valence-corrected chi connectivity index (χ0v) is 14.4. The number of H-pyrrole nitrogens is 2. The van der Waals surface area contributed by atoms with Crippen LogP contribution in [0.4, 0.5) is 5.69 Å². The molecule has 1 aliphatic carbocycles. The Hall–Kier alpha value is -3.61. The summed E-state index contributed by atoms with van der Waals surface area (Å²) in [5, 5.41) is 5.68. The molecule has 1 aromatic heterocycles. The molecule has 4 rings (SSSR count). The van der Waals surface area contributed by atoms with Gasteiger partial charge >= 0.3 is 5.69 Å². The lowest BCUT2D eigenvalue weighted by Crippen LogP contribution is -2.25. The minimum absolute atomic E-state index is 0.0658. The van der Waals surface area contributed by atoms with Crippen molar-refractivity contribution in [2.24, 2.45) is 0 Å². The van der Waals surface area contributed by atoms with Gasteiger partial charge in [-0.05, 0) is 54.8 Å². The molecule has 0 saturated heterocycles. The van der Waals surface area contributed by atoms with E-state index in [9.17, 15) is 14.4 Å². The monoisotopic (exact) mass is 362 g/mol. The molecule has 2 amide bonds. The standard InChI is InChI=1S/C20H18N4O3/c25-18(21-15-8-9-16-17(11-15)24-20(27)23-16)10-3-12-1-4-13(5-2-12)19(26)22-14-6-7-14/h1-5,8-11,14H,6-7H2,(H,21,25)(H,22,26)(H2,23,24,27)/b10-3+. The van der Waals surface area contributed by atoms with Crippen molar-refractivity contribution in [1.29, 1.82) is 0 Å². The second kappa shape index (κ2) is 6.95. The van der Waals surface area contributed by atoms with Crippen LogP contribution in [0.15, 0.2) is 53.3 Å². The molecule has 1 aliphatic rings. The number of imidazole rings is 1. The van der Waals surface area contributed by atoms with Crippen LogP contribution >= 0.6 is 0 Å². The van der Waals surface area contributed by atoms with E-state index in [1.165, 1.54) is 6.08 Å². The highest BCUT2D eigenvalue weighted by Crippen LogP contribution is 2.19. The van der Waals surface area contributed by atoms with Crippen molar-refractivity contribution in [1.82, 2.24) is 15.3 Å². The van der Waals surface area contributed by atoms with Crippen LogP contribution in [0.5, 0.6) is 0 Å². The first-order valence-electron chi connectivity index (χ1n) is 8.69. The van der Waals surface area contributed by atoms with Crippen LogP contribution < -0.4 is 16.3 Å². The molecular formula is C20H18N4O3. The first-order chi connectivity index (χ1) is 13.1. The third-order valence-corrected chi connectivity index (χ3v) is 4.30. The van der Waals surface area contributed by atoms with E-state index in [1.54, 1.807) is 48.5 Å². The molecule has 2 aromatic carbocycles. The molecule has 0 atom stereocenters. The van der Waals surface area contributed by atoms with Gasteiger partial charge in [-0.3, -0.25) is 9.59 Å². The fourth-order valence-corrected chi connectivity index (χ4v) is 2.71. The number of nitrogens with one attached hydrogen (secondary N) is 4. The number of hydrogen-bond acceptors (Lipinski definition) is 3. The van der Waals surface area contributed by atoms with E-state index >= 15 is 0 Å². The van der Waals surface area contributed by atoms with Crippen molar-refractivity contribution in [2.75, 3.05) is 5.32 Å². The van der Waals surface area contributed by atoms with Gasteiger partial charge in [-0.15, -0.1) is 0 Å². The number of aromatic amines is 2. The van der Waals surface area contributed by atoms with Crippen LogP contribution in [0.25, 0.3) is 17.1 Å². The van der Waals surface area contributed by atoms with E-state index in [1.807, 2.05) is 0 Å². The predicted octanol–water partition coefficient (Wildman–Crippen LogP) is 2.40. The van der Waals surface area contributed by atoms with Crippen molar-refractivity contribution in [3.63, 3.8) is 0 Å². The minimum atomic E-state index is -0.289. The van der Waals surface area contributed by atoms with E-state index in [4.69, 9.17) is 0 Å². The van der Waals surface area contributed by atoms with Crippen LogP contribution in [0.1, 0.15) is 28.8 Å². The van der Waals surface area contributed by atoms with Crippen molar-refractivity contribution in [3.8, 4) is 0 Å². The van der Waals surface area contributed by atoms with E-state index in [0.717, 1.165) is 18.4 Å². The number of hydrogen-bond donors (Lipinski definition) is 4. The molecule has 3 aromatic rings. The molecule has 0 spiro atoms. The number of anilines is 1. The molecule has 7 nitrogen and oxygen atoms in total. The summed E-state index contributed by atoms with van der Waals surface area (Å²) in [6.45, 7) is 0. The van der Waals surface area contributed by atoms with Gasteiger partial charge in [0.25, 0.3) is 5.91 Å². The highest BCUT2D eigenvalue weighted by molar-refractivity contribution is 6.02. The maximum Gasteiger partial charge on any atom is 0.323 e. The fraction of sp³-hybridized carbons (Fsp3) is 0.150. The SMILES string of the molecule is O=C(/C=C/c1ccc(C(=O)NC2CC2)cc1)Nc1ccc2[nH]c(=O)[nH]c2c1. The predicted molar refractivity (Wildman–Crippen MR) is 104 cm³/mol. The third-order valence-electron chi connectivity index (χ3n) is 4.30. The minimum Gasteiger partial charge on any atom is -0.349 e. The molecule has 1 fully saturated rings. The van der Waals surface area contributed by atoms with Gasteiger partial charge in [-0.2, -0.15) is 0 Å². The van der Waals surface area contributed by atoms with Crippen molar-refractivity contribution in [3.05, 3.63) is 70.2 Å².